The summed E-state index contributed by atoms with van der Waals surface area (Å²) in [6.07, 6.45) is 5.03. The number of nitrogens with one attached hydrogen (secondary N) is 1. The molecule has 2 unspecified atom stereocenters. The van der Waals surface area contributed by atoms with E-state index in [1.54, 1.807) is 0 Å². The molecule has 0 bridgehead atoms. The molecule has 3 N–H and O–H groups in total. The number of hydrogen-bond acceptors (Lipinski definition) is 2. The summed E-state index contributed by atoms with van der Waals surface area (Å²) < 4.78 is 0. The van der Waals surface area contributed by atoms with Crippen LogP contribution in [0.1, 0.15) is 46.5 Å². The largest absolute Gasteiger partial charge is 0.313 e. The van der Waals surface area contributed by atoms with Gasteiger partial charge < -0.3 is 5.73 Å². The van der Waals surface area contributed by atoms with Crippen molar-refractivity contribution in [1.82, 2.24) is 5.32 Å². The van der Waals surface area contributed by atoms with Gasteiger partial charge in [0.15, 0.2) is 0 Å². The van der Waals surface area contributed by atoms with Gasteiger partial charge in [0, 0.05) is 6.04 Å². The summed E-state index contributed by atoms with van der Waals surface area (Å²) in [5.41, 5.74) is 6.20. The van der Waals surface area contributed by atoms with E-state index in [4.69, 9.17) is 5.73 Å². The minimum absolute atomic E-state index is 0.0909. The molecule has 2 heteroatoms. The molecule has 72 valence electrons. The fourth-order valence-corrected chi connectivity index (χ4v) is 2.12. The molecule has 12 heavy (non-hydrogen) atoms. The van der Waals surface area contributed by atoms with Crippen molar-refractivity contribution >= 4 is 0 Å². The average molecular weight is 170 g/mol. The molecule has 0 aromatic heterocycles. The highest BCUT2D eigenvalue weighted by atomic mass is 15.1. The van der Waals surface area contributed by atoms with Crippen molar-refractivity contribution in [2.24, 2.45) is 11.7 Å². The van der Waals surface area contributed by atoms with Gasteiger partial charge in [0.25, 0.3) is 0 Å². The minimum atomic E-state index is -0.0909. The Hall–Kier alpha value is -0.0800. The van der Waals surface area contributed by atoms with Crippen molar-refractivity contribution < 1.29 is 0 Å². The monoisotopic (exact) mass is 170 g/mol. The summed E-state index contributed by atoms with van der Waals surface area (Å²) in [5, 5.41) is 3.49. The molecule has 1 aliphatic carbocycles. The van der Waals surface area contributed by atoms with Crippen LogP contribution in [0.4, 0.5) is 0 Å². The van der Waals surface area contributed by atoms with Crippen molar-refractivity contribution in [2.45, 2.75) is 58.2 Å². The predicted octanol–water partition coefficient (Wildman–Crippen LogP) is 1.85. The Kier molecular flexibility index (Phi) is 3.13. The topological polar surface area (TPSA) is 38.0 Å². The van der Waals surface area contributed by atoms with Gasteiger partial charge in [-0.05, 0) is 32.6 Å². The Labute approximate surface area is 75.9 Å². The summed E-state index contributed by atoms with van der Waals surface area (Å²) in [6.45, 7) is 6.58. The van der Waals surface area contributed by atoms with Gasteiger partial charge in [0.1, 0.15) is 0 Å². The van der Waals surface area contributed by atoms with E-state index >= 15 is 0 Å². The maximum atomic E-state index is 6.29. The molecule has 1 aliphatic rings. The SMILES string of the molecule is CC(C)NC1(N)CCCCC1C. The van der Waals surface area contributed by atoms with Crippen LogP contribution in [-0.4, -0.2) is 11.7 Å². The highest BCUT2D eigenvalue weighted by Crippen LogP contribution is 2.29. The maximum Gasteiger partial charge on any atom is 0.0690 e. The highest BCUT2D eigenvalue weighted by Gasteiger charge is 2.34. The number of rotatable bonds is 2. The van der Waals surface area contributed by atoms with E-state index in [9.17, 15) is 0 Å². The van der Waals surface area contributed by atoms with Crippen molar-refractivity contribution in [3.8, 4) is 0 Å². The van der Waals surface area contributed by atoms with Crippen LogP contribution in [0, 0.1) is 5.92 Å². The Morgan fingerprint density at radius 1 is 1.42 bits per heavy atom. The van der Waals surface area contributed by atoms with Crippen LogP contribution in [0.5, 0.6) is 0 Å². The van der Waals surface area contributed by atoms with Gasteiger partial charge in [0.2, 0.25) is 0 Å². The quantitative estimate of drug-likeness (QED) is 0.621. The van der Waals surface area contributed by atoms with Gasteiger partial charge in [0.05, 0.1) is 5.66 Å². The van der Waals surface area contributed by atoms with Crippen LogP contribution >= 0.6 is 0 Å². The van der Waals surface area contributed by atoms with Crippen molar-refractivity contribution in [3.63, 3.8) is 0 Å². The second-order valence-corrected chi connectivity index (χ2v) is 4.49. The smallest absolute Gasteiger partial charge is 0.0690 e. The van der Waals surface area contributed by atoms with Crippen LogP contribution < -0.4 is 11.1 Å². The highest BCUT2D eigenvalue weighted by molar-refractivity contribution is 4.90. The van der Waals surface area contributed by atoms with E-state index in [0.717, 1.165) is 6.42 Å². The summed E-state index contributed by atoms with van der Waals surface area (Å²) in [6, 6.07) is 0.496. The second-order valence-electron chi connectivity index (χ2n) is 4.49. The standard InChI is InChI=1S/C10H22N2/c1-8(2)12-10(11)7-5-4-6-9(10)3/h8-9,12H,4-7,11H2,1-3H3. The van der Waals surface area contributed by atoms with E-state index in [1.807, 2.05) is 0 Å². The van der Waals surface area contributed by atoms with Gasteiger partial charge in [-0.15, -0.1) is 0 Å². The van der Waals surface area contributed by atoms with E-state index < -0.39 is 0 Å². The molecular formula is C10H22N2. The number of nitrogens with two attached hydrogens (primary N) is 1. The van der Waals surface area contributed by atoms with Gasteiger partial charge in [-0.25, -0.2) is 0 Å². The third-order valence-corrected chi connectivity index (χ3v) is 2.91. The summed E-state index contributed by atoms with van der Waals surface area (Å²) in [7, 11) is 0. The van der Waals surface area contributed by atoms with Crippen LogP contribution in [-0.2, 0) is 0 Å². The van der Waals surface area contributed by atoms with Crippen molar-refractivity contribution in [2.75, 3.05) is 0 Å². The summed E-state index contributed by atoms with van der Waals surface area (Å²) in [5.74, 6) is 0.619. The third-order valence-electron chi connectivity index (χ3n) is 2.91. The lowest BCUT2D eigenvalue weighted by atomic mass is 9.80. The van der Waals surface area contributed by atoms with Gasteiger partial charge in [-0.3, -0.25) is 5.32 Å². The van der Waals surface area contributed by atoms with Gasteiger partial charge >= 0.3 is 0 Å². The molecule has 1 rings (SSSR count). The zero-order chi connectivity index (χ0) is 9.19. The molecule has 0 aromatic rings. The second kappa shape index (κ2) is 3.75. The average Bonchev–Trinajstić information content (AvgIpc) is 1.94. The minimum Gasteiger partial charge on any atom is -0.313 e. The molecule has 0 aliphatic heterocycles. The van der Waals surface area contributed by atoms with Crippen LogP contribution in [0.2, 0.25) is 0 Å². The molecule has 0 radical (unpaired) electrons. The fourth-order valence-electron chi connectivity index (χ4n) is 2.12. The Balaban J connectivity index is 2.53. The van der Waals surface area contributed by atoms with Gasteiger partial charge in [-0.2, -0.15) is 0 Å². The lowest BCUT2D eigenvalue weighted by Gasteiger charge is -2.41. The van der Waals surface area contributed by atoms with E-state index in [-0.39, 0.29) is 5.66 Å². The van der Waals surface area contributed by atoms with Crippen LogP contribution in [0.15, 0.2) is 0 Å². The maximum absolute atomic E-state index is 6.29. The molecule has 0 aromatic carbocycles. The Bertz CT molecular complexity index is 145. The molecule has 2 atom stereocenters. The molecule has 0 saturated heterocycles. The van der Waals surface area contributed by atoms with Gasteiger partial charge in [-0.1, -0.05) is 19.8 Å². The normalized spacial score (nSPS) is 37.2. The molecular weight excluding hydrogens is 148 g/mol. The third kappa shape index (κ3) is 2.20. The Morgan fingerprint density at radius 2 is 2.08 bits per heavy atom. The first kappa shape index (κ1) is 10.0. The summed E-state index contributed by atoms with van der Waals surface area (Å²) >= 11 is 0. The zero-order valence-corrected chi connectivity index (χ0v) is 8.56. The Morgan fingerprint density at radius 3 is 2.58 bits per heavy atom. The van der Waals surface area contributed by atoms with E-state index in [1.165, 1.54) is 19.3 Å². The molecule has 0 spiro atoms. The first-order valence-corrected chi connectivity index (χ1v) is 5.11. The molecule has 0 heterocycles. The first-order chi connectivity index (χ1) is 5.54. The van der Waals surface area contributed by atoms with Crippen LogP contribution in [0.3, 0.4) is 0 Å². The van der Waals surface area contributed by atoms with E-state index in [0.29, 0.717) is 12.0 Å². The van der Waals surface area contributed by atoms with Crippen molar-refractivity contribution in [3.05, 3.63) is 0 Å². The molecule has 1 saturated carbocycles. The first-order valence-electron chi connectivity index (χ1n) is 5.11. The number of hydrogen-bond donors (Lipinski definition) is 2. The lowest BCUT2D eigenvalue weighted by molar-refractivity contribution is 0.149. The molecule has 1 fully saturated rings. The molecule has 0 amide bonds. The lowest BCUT2D eigenvalue weighted by Crippen LogP contribution is -2.61. The fraction of sp³-hybridized carbons (Fsp3) is 1.00. The molecule has 2 nitrogen and oxygen atoms in total. The zero-order valence-electron chi connectivity index (χ0n) is 8.56. The van der Waals surface area contributed by atoms with Crippen LogP contribution in [0.25, 0.3) is 0 Å². The van der Waals surface area contributed by atoms with Crippen molar-refractivity contribution in [1.29, 1.82) is 0 Å². The predicted molar refractivity (Wildman–Crippen MR) is 52.8 cm³/mol. The van der Waals surface area contributed by atoms with E-state index in [2.05, 4.69) is 26.1 Å². The summed E-state index contributed by atoms with van der Waals surface area (Å²) in [4.78, 5) is 0.